The predicted molar refractivity (Wildman–Crippen MR) is 67.2 cm³/mol. The van der Waals surface area contributed by atoms with E-state index < -0.39 is 0 Å². The third kappa shape index (κ3) is 6.28. The lowest BCUT2D eigenvalue weighted by Gasteiger charge is -2.22. The standard InChI is InChI=1S/C12H25N3/c1-5-11(7-8-14-4)10(3)9-12(13)15-6-2/h6,10-11,14H,2,5,7-9H2,1,3-4H3,(H2,13,15)/t10-,11?/m0/s1. The molecule has 0 aliphatic rings. The topological polar surface area (TPSA) is 47.9 Å². The van der Waals surface area contributed by atoms with Crippen LogP contribution in [-0.2, 0) is 0 Å². The van der Waals surface area contributed by atoms with E-state index in [-0.39, 0.29) is 0 Å². The van der Waals surface area contributed by atoms with E-state index in [1.165, 1.54) is 12.8 Å². The van der Waals surface area contributed by atoms with Crippen molar-refractivity contribution in [3.63, 3.8) is 0 Å². The zero-order chi connectivity index (χ0) is 11.7. The highest BCUT2D eigenvalue weighted by atomic mass is 14.9. The van der Waals surface area contributed by atoms with Gasteiger partial charge in [-0.25, -0.2) is 0 Å². The van der Waals surface area contributed by atoms with E-state index in [4.69, 9.17) is 5.41 Å². The Morgan fingerprint density at radius 2 is 2.20 bits per heavy atom. The van der Waals surface area contributed by atoms with Crippen LogP contribution in [0.3, 0.4) is 0 Å². The molecule has 2 atom stereocenters. The van der Waals surface area contributed by atoms with Crippen LogP contribution in [0.4, 0.5) is 0 Å². The number of nitrogens with one attached hydrogen (secondary N) is 3. The molecule has 0 aromatic carbocycles. The summed E-state index contributed by atoms with van der Waals surface area (Å²) in [6.45, 7) is 9.07. The second kappa shape index (κ2) is 8.48. The molecular weight excluding hydrogens is 186 g/mol. The first-order valence-corrected chi connectivity index (χ1v) is 5.75. The summed E-state index contributed by atoms with van der Waals surface area (Å²) in [5.41, 5.74) is 0. The molecule has 0 aromatic rings. The molecule has 0 saturated heterocycles. The van der Waals surface area contributed by atoms with Crippen molar-refractivity contribution in [2.45, 2.75) is 33.1 Å². The van der Waals surface area contributed by atoms with Gasteiger partial charge in [0.25, 0.3) is 0 Å². The molecular formula is C12H25N3. The predicted octanol–water partition coefficient (Wildman–Crippen LogP) is 2.36. The molecule has 0 saturated carbocycles. The lowest BCUT2D eigenvalue weighted by Crippen LogP contribution is -2.24. The molecule has 0 radical (unpaired) electrons. The zero-order valence-corrected chi connectivity index (χ0v) is 10.3. The summed E-state index contributed by atoms with van der Waals surface area (Å²) < 4.78 is 0. The van der Waals surface area contributed by atoms with Crippen LogP contribution in [0.25, 0.3) is 0 Å². The second-order valence-electron chi connectivity index (χ2n) is 4.07. The Morgan fingerprint density at radius 3 is 2.67 bits per heavy atom. The van der Waals surface area contributed by atoms with Gasteiger partial charge in [-0.3, -0.25) is 5.41 Å². The fourth-order valence-corrected chi connectivity index (χ4v) is 1.89. The zero-order valence-electron chi connectivity index (χ0n) is 10.3. The maximum atomic E-state index is 7.67. The average molecular weight is 211 g/mol. The SMILES string of the molecule is C=CNC(=N)C[C@H](C)C(CC)CCNC. The molecule has 0 bridgehead atoms. The normalized spacial score (nSPS) is 14.3. The third-order valence-corrected chi connectivity index (χ3v) is 2.90. The van der Waals surface area contributed by atoms with Crippen LogP contribution in [0.5, 0.6) is 0 Å². The number of hydrogen-bond donors (Lipinski definition) is 3. The summed E-state index contributed by atoms with van der Waals surface area (Å²) in [5, 5.41) is 13.7. The summed E-state index contributed by atoms with van der Waals surface area (Å²) in [6, 6.07) is 0. The van der Waals surface area contributed by atoms with Crippen LogP contribution < -0.4 is 10.6 Å². The summed E-state index contributed by atoms with van der Waals surface area (Å²) in [5.74, 6) is 1.83. The van der Waals surface area contributed by atoms with Gasteiger partial charge in [0.05, 0.1) is 5.84 Å². The van der Waals surface area contributed by atoms with Gasteiger partial charge in [-0.2, -0.15) is 0 Å². The molecule has 3 nitrogen and oxygen atoms in total. The van der Waals surface area contributed by atoms with Crippen molar-refractivity contribution >= 4 is 5.84 Å². The lowest BCUT2D eigenvalue weighted by atomic mass is 9.86. The van der Waals surface area contributed by atoms with Crippen LogP contribution in [-0.4, -0.2) is 19.4 Å². The molecule has 0 fully saturated rings. The third-order valence-electron chi connectivity index (χ3n) is 2.90. The second-order valence-corrected chi connectivity index (χ2v) is 4.07. The highest BCUT2D eigenvalue weighted by Crippen LogP contribution is 2.21. The van der Waals surface area contributed by atoms with E-state index in [1.54, 1.807) is 6.20 Å². The van der Waals surface area contributed by atoms with E-state index >= 15 is 0 Å². The van der Waals surface area contributed by atoms with Gasteiger partial charge in [-0.1, -0.05) is 26.8 Å². The van der Waals surface area contributed by atoms with E-state index in [0.717, 1.165) is 13.0 Å². The summed E-state index contributed by atoms with van der Waals surface area (Å²) in [4.78, 5) is 0. The maximum absolute atomic E-state index is 7.67. The van der Waals surface area contributed by atoms with Crippen molar-refractivity contribution < 1.29 is 0 Å². The maximum Gasteiger partial charge on any atom is 0.0973 e. The van der Waals surface area contributed by atoms with Crippen LogP contribution in [0.15, 0.2) is 12.8 Å². The molecule has 0 amide bonds. The van der Waals surface area contributed by atoms with Crippen molar-refractivity contribution in [1.29, 1.82) is 5.41 Å². The summed E-state index contributed by atoms with van der Waals surface area (Å²) in [7, 11) is 1.98. The van der Waals surface area contributed by atoms with Crippen molar-refractivity contribution in [2.24, 2.45) is 11.8 Å². The largest absolute Gasteiger partial charge is 0.351 e. The van der Waals surface area contributed by atoms with Gasteiger partial charge in [0, 0.05) is 6.42 Å². The van der Waals surface area contributed by atoms with Crippen LogP contribution >= 0.6 is 0 Å². The quantitative estimate of drug-likeness (QED) is 0.426. The molecule has 0 rings (SSSR count). The number of amidine groups is 1. The Bertz CT molecular complexity index is 189. The smallest absolute Gasteiger partial charge is 0.0973 e. The van der Waals surface area contributed by atoms with Crippen molar-refractivity contribution in [2.75, 3.05) is 13.6 Å². The molecule has 3 N–H and O–H groups in total. The van der Waals surface area contributed by atoms with Gasteiger partial charge in [0.2, 0.25) is 0 Å². The van der Waals surface area contributed by atoms with Crippen molar-refractivity contribution in [3.05, 3.63) is 12.8 Å². The molecule has 0 aromatic heterocycles. The molecule has 0 aliphatic carbocycles. The Labute approximate surface area is 93.8 Å². The van der Waals surface area contributed by atoms with Gasteiger partial charge in [0.1, 0.15) is 0 Å². The minimum absolute atomic E-state index is 0.559. The highest BCUT2D eigenvalue weighted by molar-refractivity contribution is 5.79. The van der Waals surface area contributed by atoms with Crippen LogP contribution in [0, 0.1) is 17.2 Å². The monoisotopic (exact) mass is 211 g/mol. The number of hydrogen-bond acceptors (Lipinski definition) is 2. The summed E-state index contributed by atoms with van der Waals surface area (Å²) in [6.07, 6.45) is 4.76. The molecule has 3 heteroatoms. The van der Waals surface area contributed by atoms with E-state index in [1.807, 2.05) is 7.05 Å². The Kier molecular flexibility index (Phi) is 8.01. The first-order valence-electron chi connectivity index (χ1n) is 5.75. The molecule has 88 valence electrons. The fraction of sp³-hybridized carbons (Fsp3) is 0.750. The average Bonchev–Trinajstić information content (AvgIpc) is 2.19. The Balaban J connectivity index is 3.96. The lowest BCUT2D eigenvalue weighted by molar-refractivity contribution is 0.330. The van der Waals surface area contributed by atoms with E-state index in [9.17, 15) is 0 Å². The van der Waals surface area contributed by atoms with Gasteiger partial charge in [-0.05, 0) is 38.0 Å². The highest BCUT2D eigenvalue weighted by Gasteiger charge is 2.16. The molecule has 15 heavy (non-hydrogen) atoms. The molecule has 0 heterocycles. The van der Waals surface area contributed by atoms with E-state index in [2.05, 4.69) is 31.1 Å². The van der Waals surface area contributed by atoms with Gasteiger partial charge in [0.15, 0.2) is 0 Å². The minimum atomic E-state index is 0.559. The Hall–Kier alpha value is -0.830. The first kappa shape index (κ1) is 14.2. The molecule has 1 unspecified atom stereocenters. The fourth-order valence-electron chi connectivity index (χ4n) is 1.89. The van der Waals surface area contributed by atoms with Gasteiger partial charge < -0.3 is 10.6 Å². The van der Waals surface area contributed by atoms with Crippen LogP contribution in [0.2, 0.25) is 0 Å². The first-order chi connectivity index (χ1) is 7.15. The van der Waals surface area contributed by atoms with Gasteiger partial charge >= 0.3 is 0 Å². The molecule has 0 aliphatic heterocycles. The van der Waals surface area contributed by atoms with Crippen molar-refractivity contribution in [3.8, 4) is 0 Å². The number of rotatable bonds is 8. The summed E-state index contributed by atoms with van der Waals surface area (Å²) >= 11 is 0. The minimum Gasteiger partial charge on any atom is -0.351 e. The van der Waals surface area contributed by atoms with Crippen LogP contribution in [0.1, 0.15) is 33.1 Å². The van der Waals surface area contributed by atoms with Gasteiger partial charge in [-0.15, -0.1) is 0 Å². The van der Waals surface area contributed by atoms with E-state index in [0.29, 0.717) is 17.7 Å². The van der Waals surface area contributed by atoms with Crippen molar-refractivity contribution in [1.82, 2.24) is 10.6 Å². The molecule has 0 spiro atoms. The Morgan fingerprint density at radius 1 is 1.53 bits per heavy atom.